The molecule has 1 aliphatic carbocycles. The number of aliphatic hydroxyl groups is 1. The second kappa shape index (κ2) is 9.08. The lowest BCUT2D eigenvalue weighted by molar-refractivity contribution is -0.126. The van der Waals surface area contributed by atoms with Crippen LogP contribution in [0.15, 0.2) is 24.3 Å². The maximum Gasteiger partial charge on any atom is 0.223 e. The van der Waals surface area contributed by atoms with Crippen molar-refractivity contribution in [2.75, 3.05) is 6.54 Å². The fourth-order valence-electron chi connectivity index (χ4n) is 2.76. The average molecular weight is 331 g/mol. The molecule has 1 fully saturated rings. The molecule has 0 radical (unpaired) electrons. The molecule has 2 rings (SSSR count). The zero-order valence-corrected chi connectivity index (χ0v) is 13.3. The molecule has 0 bridgehead atoms. The summed E-state index contributed by atoms with van der Waals surface area (Å²) in [5, 5.41) is 12.4. The Labute approximate surface area is 136 Å². The number of aryl methyl sites for hydroxylation is 1. The molecule has 22 heavy (non-hydrogen) atoms. The molecule has 1 saturated carbocycles. The molecule has 0 aliphatic heterocycles. The van der Waals surface area contributed by atoms with Crippen LogP contribution in [0.1, 0.15) is 31.2 Å². The Bertz CT molecular complexity index is 487. The zero-order valence-electron chi connectivity index (χ0n) is 12.5. The Morgan fingerprint density at radius 2 is 2.09 bits per heavy atom. The van der Waals surface area contributed by atoms with Crippen LogP contribution in [0.5, 0.6) is 0 Å². The number of carbonyl (C=O) groups is 1. The summed E-state index contributed by atoms with van der Waals surface area (Å²) in [6.45, 7) is 0.529. The molecule has 4 N–H and O–H groups in total. The van der Waals surface area contributed by atoms with Gasteiger partial charge in [0, 0.05) is 18.5 Å². The zero-order chi connectivity index (χ0) is 15.2. The van der Waals surface area contributed by atoms with Crippen molar-refractivity contribution in [3.8, 4) is 0 Å². The second-order valence-electron chi connectivity index (χ2n) is 5.73. The van der Waals surface area contributed by atoms with Crippen LogP contribution in [0.3, 0.4) is 0 Å². The predicted octanol–water partition coefficient (Wildman–Crippen LogP) is 1.78. The van der Waals surface area contributed by atoms with Crippen molar-refractivity contribution >= 4 is 18.3 Å². The summed E-state index contributed by atoms with van der Waals surface area (Å²) in [6.07, 6.45) is 2.60. The van der Waals surface area contributed by atoms with E-state index < -0.39 is 6.10 Å². The largest absolute Gasteiger partial charge is 0.392 e. The van der Waals surface area contributed by atoms with E-state index in [0.29, 0.717) is 44.2 Å². The summed E-state index contributed by atoms with van der Waals surface area (Å²) in [5.74, 6) is -0.321. The third kappa shape index (κ3) is 5.23. The van der Waals surface area contributed by atoms with E-state index in [9.17, 15) is 14.3 Å². The number of nitrogens with one attached hydrogen (secondary N) is 1. The Morgan fingerprint density at radius 1 is 1.36 bits per heavy atom. The Kier molecular flexibility index (Phi) is 7.79. The SMILES string of the molecule is Cl.N[C@@H]1C[C@@H](C(=O)NCCCc2ccccc2F)CC[C@H]1O. The van der Waals surface area contributed by atoms with Crippen LogP contribution in [-0.2, 0) is 11.2 Å². The second-order valence-corrected chi connectivity index (χ2v) is 5.73. The highest BCUT2D eigenvalue weighted by Gasteiger charge is 2.30. The van der Waals surface area contributed by atoms with E-state index in [2.05, 4.69) is 5.32 Å². The summed E-state index contributed by atoms with van der Waals surface area (Å²) < 4.78 is 13.4. The van der Waals surface area contributed by atoms with E-state index >= 15 is 0 Å². The monoisotopic (exact) mass is 330 g/mol. The first-order valence-corrected chi connectivity index (χ1v) is 7.52. The third-order valence-corrected chi connectivity index (χ3v) is 4.11. The fraction of sp³-hybridized carbons (Fsp3) is 0.562. The Hall–Kier alpha value is -1.17. The normalized spacial score (nSPS) is 24.4. The van der Waals surface area contributed by atoms with Gasteiger partial charge in [0.25, 0.3) is 0 Å². The molecule has 3 atom stereocenters. The number of halogens is 2. The average Bonchev–Trinajstić information content (AvgIpc) is 2.48. The number of hydrogen-bond acceptors (Lipinski definition) is 3. The lowest BCUT2D eigenvalue weighted by atomic mass is 9.83. The first-order chi connectivity index (χ1) is 10.1. The van der Waals surface area contributed by atoms with Crippen molar-refractivity contribution in [3.63, 3.8) is 0 Å². The number of hydrogen-bond donors (Lipinski definition) is 3. The molecular weight excluding hydrogens is 307 g/mol. The summed E-state index contributed by atoms with van der Waals surface area (Å²) >= 11 is 0. The van der Waals surface area contributed by atoms with Gasteiger partial charge in [-0.15, -0.1) is 12.4 Å². The van der Waals surface area contributed by atoms with Crippen molar-refractivity contribution in [3.05, 3.63) is 35.6 Å². The van der Waals surface area contributed by atoms with Crippen LogP contribution < -0.4 is 11.1 Å². The first-order valence-electron chi connectivity index (χ1n) is 7.52. The van der Waals surface area contributed by atoms with Crippen molar-refractivity contribution < 1.29 is 14.3 Å². The quantitative estimate of drug-likeness (QED) is 0.720. The van der Waals surface area contributed by atoms with Crippen LogP contribution in [-0.4, -0.2) is 29.7 Å². The molecule has 0 unspecified atom stereocenters. The van der Waals surface area contributed by atoms with Gasteiger partial charge in [0.05, 0.1) is 6.10 Å². The first kappa shape index (κ1) is 18.9. The molecule has 0 spiro atoms. The molecule has 1 aliphatic rings. The van der Waals surface area contributed by atoms with E-state index in [1.807, 2.05) is 6.07 Å². The molecule has 4 nitrogen and oxygen atoms in total. The van der Waals surface area contributed by atoms with Gasteiger partial charge in [-0.2, -0.15) is 0 Å². The minimum Gasteiger partial charge on any atom is -0.392 e. The summed E-state index contributed by atoms with van der Waals surface area (Å²) in [7, 11) is 0. The van der Waals surface area contributed by atoms with Gasteiger partial charge < -0.3 is 16.2 Å². The Morgan fingerprint density at radius 3 is 2.77 bits per heavy atom. The fourth-order valence-corrected chi connectivity index (χ4v) is 2.76. The van der Waals surface area contributed by atoms with Gasteiger partial charge in [-0.05, 0) is 43.7 Å². The van der Waals surface area contributed by atoms with Crippen LogP contribution in [0, 0.1) is 11.7 Å². The summed E-state index contributed by atoms with van der Waals surface area (Å²) in [4.78, 5) is 12.0. The molecule has 1 amide bonds. The van der Waals surface area contributed by atoms with Crippen LogP contribution in [0.2, 0.25) is 0 Å². The van der Waals surface area contributed by atoms with E-state index in [4.69, 9.17) is 5.73 Å². The number of rotatable bonds is 5. The molecular formula is C16H24ClFN2O2. The lowest BCUT2D eigenvalue weighted by Gasteiger charge is -2.30. The summed E-state index contributed by atoms with van der Waals surface area (Å²) in [6, 6.07) is 6.38. The van der Waals surface area contributed by atoms with E-state index in [-0.39, 0.29) is 36.1 Å². The maximum absolute atomic E-state index is 13.4. The maximum atomic E-state index is 13.4. The van der Waals surface area contributed by atoms with Gasteiger partial charge in [0.2, 0.25) is 5.91 Å². The highest BCUT2D eigenvalue weighted by Crippen LogP contribution is 2.23. The highest BCUT2D eigenvalue weighted by molar-refractivity contribution is 5.85. The minimum atomic E-state index is -0.491. The highest BCUT2D eigenvalue weighted by atomic mass is 35.5. The topological polar surface area (TPSA) is 75.4 Å². The van der Waals surface area contributed by atoms with Crippen molar-refractivity contribution in [1.82, 2.24) is 5.32 Å². The molecule has 1 aromatic carbocycles. The smallest absolute Gasteiger partial charge is 0.223 e. The van der Waals surface area contributed by atoms with Gasteiger partial charge >= 0.3 is 0 Å². The van der Waals surface area contributed by atoms with Crippen LogP contribution in [0.4, 0.5) is 4.39 Å². The van der Waals surface area contributed by atoms with Gasteiger partial charge in [0.15, 0.2) is 0 Å². The molecule has 0 saturated heterocycles. The predicted molar refractivity (Wildman–Crippen MR) is 86.3 cm³/mol. The number of amides is 1. The molecule has 1 aromatic rings. The molecule has 6 heteroatoms. The van der Waals surface area contributed by atoms with Crippen molar-refractivity contribution in [2.45, 2.75) is 44.2 Å². The van der Waals surface area contributed by atoms with Gasteiger partial charge in [0.1, 0.15) is 5.82 Å². The lowest BCUT2D eigenvalue weighted by Crippen LogP contribution is -2.45. The van der Waals surface area contributed by atoms with Crippen molar-refractivity contribution in [2.24, 2.45) is 11.7 Å². The molecule has 0 heterocycles. The van der Waals surface area contributed by atoms with Crippen LogP contribution >= 0.6 is 12.4 Å². The standard InChI is InChI=1S/C16H23FN2O2.ClH/c17-13-6-2-1-4-11(13)5-3-9-19-16(21)12-7-8-15(20)14(18)10-12;/h1-2,4,6,12,14-15,20H,3,5,7-10,18H2,(H,19,21);1H/t12-,14+,15+;/m0./s1. The van der Waals surface area contributed by atoms with Gasteiger partial charge in [-0.25, -0.2) is 4.39 Å². The molecule has 124 valence electrons. The van der Waals surface area contributed by atoms with E-state index in [0.717, 1.165) is 0 Å². The Balaban J connectivity index is 0.00000242. The third-order valence-electron chi connectivity index (χ3n) is 4.11. The van der Waals surface area contributed by atoms with Gasteiger partial charge in [-0.3, -0.25) is 4.79 Å². The minimum absolute atomic E-state index is 0. The molecule has 0 aromatic heterocycles. The van der Waals surface area contributed by atoms with E-state index in [1.54, 1.807) is 12.1 Å². The van der Waals surface area contributed by atoms with Crippen LogP contribution in [0.25, 0.3) is 0 Å². The summed E-state index contributed by atoms with van der Waals surface area (Å²) in [5.41, 5.74) is 6.46. The van der Waals surface area contributed by atoms with Crippen molar-refractivity contribution in [1.29, 1.82) is 0 Å². The number of carbonyl (C=O) groups excluding carboxylic acids is 1. The number of benzene rings is 1. The van der Waals surface area contributed by atoms with Gasteiger partial charge in [-0.1, -0.05) is 18.2 Å². The number of nitrogens with two attached hydrogens (primary N) is 1. The number of aliphatic hydroxyl groups excluding tert-OH is 1. The van der Waals surface area contributed by atoms with E-state index in [1.165, 1.54) is 6.07 Å².